The lowest BCUT2D eigenvalue weighted by Gasteiger charge is -2.64. The van der Waals surface area contributed by atoms with Crippen molar-refractivity contribution in [1.82, 2.24) is 5.32 Å². The molecule has 0 spiro atoms. The van der Waals surface area contributed by atoms with Gasteiger partial charge in [0.1, 0.15) is 0 Å². The average Bonchev–Trinajstić information content (AvgIpc) is 2.92. The van der Waals surface area contributed by atoms with E-state index in [1.807, 2.05) is 0 Å². The largest absolute Gasteiger partial charge is 0.475 e. The zero-order valence-corrected chi connectivity index (χ0v) is 11.7. The lowest BCUT2D eigenvalue weighted by atomic mass is 9.43. The highest BCUT2D eigenvalue weighted by Crippen LogP contribution is 2.65. The van der Waals surface area contributed by atoms with Crippen molar-refractivity contribution >= 4 is 7.12 Å². The summed E-state index contributed by atoms with van der Waals surface area (Å²) in [6.45, 7) is 8.25. The van der Waals surface area contributed by atoms with Gasteiger partial charge < -0.3 is 14.6 Å². The standard InChI is InChI=1S/C14H24BNO2/c1-13(2)9-7-10(13)14(3)11(8-9)17-15(18-14)12-5-4-6-16-12/h9-12,16H,4-8H2,1-3H3/t9-,10-,11+,12-,14-/m1/s1. The lowest BCUT2D eigenvalue weighted by Crippen LogP contribution is -2.65. The Morgan fingerprint density at radius 1 is 1.22 bits per heavy atom. The zero-order chi connectivity index (χ0) is 12.5. The van der Waals surface area contributed by atoms with E-state index >= 15 is 0 Å². The van der Waals surface area contributed by atoms with Crippen molar-refractivity contribution in [3.8, 4) is 0 Å². The van der Waals surface area contributed by atoms with Gasteiger partial charge in [0, 0.05) is 5.94 Å². The normalized spacial score (nSPS) is 53.2. The van der Waals surface area contributed by atoms with Gasteiger partial charge in [-0.2, -0.15) is 0 Å². The monoisotopic (exact) mass is 249 g/mol. The molecule has 5 atom stereocenters. The first-order valence-electron chi connectivity index (χ1n) is 7.58. The molecule has 2 aliphatic heterocycles. The van der Waals surface area contributed by atoms with Crippen molar-refractivity contribution < 1.29 is 9.31 Å². The fourth-order valence-corrected chi connectivity index (χ4v) is 5.01. The van der Waals surface area contributed by atoms with Crippen LogP contribution < -0.4 is 5.32 Å². The molecule has 0 unspecified atom stereocenters. The summed E-state index contributed by atoms with van der Waals surface area (Å²) in [7, 11) is -0.00218. The number of rotatable bonds is 1. The van der Waals surface area contributed by atoms with Crippen LogP contribution in [0.25, 0.3) is 0 Å². The highest BCUT2D eigenvalue weighted by molar-refractivity contribution is 6.47. The van der Waals surface area contributed by atoms with Crippen LogP contribution in [0, 0.1) is 17.3 Å². The summed E-state index contributed by atoms with van der Waals surface area (Å²) in [6.07, 6.45) is 5.33. The van der Waals surface area contributed by atoms with Gasteiger partial charge in [0.05, 0.1) is 11.7 Å². The van der Waals surface area contributed by atoms with E-state index in [1.165, 1.54) is 25.7 Å². The molecule has 5 rings (SSSR count). The van der Waals surface area contributed by atoms with Gasteiger partial charge in [-0.05, 0) is 56.4 Å². The summed E-state index contributed by atoms with van der Waals surface area (Å²) in [5.41, 5.74) is 0.416. The van der Waals surface area contributed by atoms with Crippen LogP contribution in [0.15, 0.2) is 0 Å². The van der Waals surface area contributed by atoms with Crippen molar-refractivity contribution in [2.45, 2.75) is 64.1 Å². The van der Waals surface area contributed by atoms with E-state index < -0.39 is 0 Å². The van der Waals surface area contributed by atoms with Crippen molar-refractivity contribution in [3.63, 3.8) is 0 Å². The molecule has 0 aromatic carbocycles. The molecule has 5 aliphatic rings. The smallest absolute Gasteiger partial charge is 0.404 e. The Labute approximate surface area is 110 Å². The second kappa shape index (κ2) is 3.53. The van der Waals surface area contributed by atoms with Crippen molar-refractivity contribution in [1.29, 1.82) is 0 Å². The van der Waals surface area contributed by atoms with E-state index in [-0.39, 0.29) is 12.7 Å². The van der Waals surface area contributed by atoms with Crippen molar-refractivity contribution in [3.05, 3.63) is 0 Å². The minimum Gasteiger partial charge on any atom is -0.404 e. The molecule has 5 fully saturated rings. The predicted octanol–water partition coefficient (Wildman–Crippen LogP) is 2.01. The summed E-state index contributed by atoms with van der Waals surface area (Å²) < 4.78 is 12.7. The third-order valence-corrected chi connectivity index (χ3v) is 6.40. The fourth-order valence-electron chi connectivity index (χ4n) is 5.01. The number of hydrogen-bond acceptors (Lipinski definition) is 3. The van der Waals surface area contributed by atoms with Crippen LogP contribution in [0.1, 0.15) is 46.5 Å². The van der Waals surface area contributed by atoms with Crippen LogP contribution in [-0.4, -0.2) is 31.3 Å². The van der Waals surface area contributed by atoms with Crippen LogP contribution in [0.4, 0.5) is 0 Å². The topological polar surface area (TPSA) is 30.5 Å². The summed E-state index contributed by atoms with van der Waals surface area (Å²) in [5, 5.41) is 3.52. The molecule has 18 heavy (non-hydrogen) atoms. The van der Waals surface area contributed by atoms with Crippen LogP contribution in [-0.2, 0) is 9.31 Å². The molecule has 3 aliphatic carbocycles. The van der Waals surface area contributed by atoms with Gasteiger partial charge in [0.2, 0.25) is 0 Å². The van der Waals surface area contributed by atoms with Crippen molar-refractivity contribution in [2.24, 2.45) is 17.3 Å². The second-order valence-electron chi connectivity index (χ2n) is 7.54. The van der Waals surface area contributed by atoms with Crippen LogP contribution in [0.5, 0.6) is 0 Å². The van der Waals surface area contributed by atoms with Gasteiger partial charge in [0.25, 0.3) is 0 Å². The molecule has 2 heterocycles. The molecule has 100 valence electrons. The minimum absolute atomic E-state index is 0.00218. The maximum atomic E-state index is 6.44. The van der Waals surface area contributed by atoms with E-state index in [1.54, 1.807) is 0 Å². The average molecular weight is 249 g/mol. The molecule has 3 nitrogen and oxygen atoms in total. The van der Waals surface area contributed by atoms with Gasteiger partial charge >= 0.3 is 7.12 Å². The van der Waals surface area contributed by atoms with Crippen LogP contribution in [0.3, 0.4) is 0 Å². The molecule has 0 radical (unpaired) electrons. The van der Waals surface area contributed by atoms with Gasteiger partial charge in [0.15, 0.2) is 0 Å². The Balaban J connectivity index is 1.57. The van der Waals surface area contributed by atoms with Crippen LogP contribution >= 0.6 is 0 Å². The van der Waals surface area contributed by atoms with Gasteiger partial charge in [-0.3, -0.25) is 0 Å². The zero-order valence-electron chi connectivity index (χ0n) is 11.7. The highest BCUT2D eigenvalue weighted by Gasteiger charge is 2.68. The van der Waals surface area contributed by atoms with E-state index in [2.05, 4.69) is 26.1 Å². The summed E-state index contributed by atoms with van der Waals surface area (Å²) >= 11 is 0. The third-order valence-electron chi connectivity index (χ3n) is 6.40. The van der Waals surface area contributed by atoms with E-state index in [4.69, 9.17) is 9.31 Å². The SMILES string of the molecule is CC1(C)[C@H]2C[C@@H]3OB([C@H]4CCCN4)O[C@]3(C)[C@@H]1C2. The predicted molar refractivity (Wildman–Crippen MR) is 71.1 cm³/mol. The first-order chi connectivity index (χ1) is 8.52. The second-order valence-corrected chi connectivity index (χ2v) is 7.54. The van der Waals surface area contributed by atoms with Crippen molar-refractivity contribution in [2.75, 3.05) is 6.54 Å². The molecular weight excluding hydrogens is 225 g/mol. The Bertz CT molecular complexity index is 369. The molecule has 4 heteroatoms. The van der Waals surface area contributed by atoms with E-state index in [0.717, 1.165) is 12.5 Å². The molecule has 1 N–H and O–H groups in total. The minimum atomic E-state index is -0.0345. The van der Waals surface area contributed by atoms with Gasteiger partial charge in [-0.15, -0.1) is 0 Å². The summed E-state index contributed by atoms with van der Waals surface area (Å²) in [5.74, 6) is 1.95. The third kappa shape index (κ3) is 1.32. The van der Waals surface area contributed by atoms with Gasteiger partial charge in [-0.1, -0.05) is 13.8 Å². The lowest BCUT2D eigenvalue weighted by molar-refractivity contribution is -0.199. The Kier molecular flexibility index (Phi) is 2.30. The first-order valence-corrected chi connectivity index (χ1v) is 7.58. The van der Waals surface area contributed by atoms with Crippen LogP contribution in [0.2, 0.25) is 0 Å². The summed E-state index contributed by atoms with van der Waals surface area (Å²) in [6, 6.07) is 0. The maximum absolute atomic E-state index is 6.44. The Morgan fingerprint density at radius 3 is 2.72 bits per heavy atom. The number of hydrogen-bond donors (Lipinski definition) is 1. The first kappa shape index (κ1) is 11.7. The number of nitrogens with one attached hydrogen (secondary N) is 1. The summed E-state index contributed by atoms with van der Waals surface area (Å²) in [4.78, 5) is 0. The molecule has 3 saturated carbocycles. The molecule has 2 saturated heterocycles. The Morgan fingerprint density at radius 2 is 2.06 bits per heavy atom. The van der Waals surface area contributed by atoms with Gasteiger partial charge in [-0.25, -0.2) is 0 Å². The quantitative estimate of drug-likeness (QED) is 0.721. The Hall–Kier alpha value is -0.0551. The molecule has 0 aromatic heterocycles. The van der Waals surface area contributed by atoms with E-state index in [9.17, 15) is 0 Å². The molecule has 0 aromatic rings. The van der Waals surface area contributed by atoms with E-state index in [0.29, 0.717) is 23.4 Å². The highest BCUT2D eigenvalue weighted by atomic mass is 16.7. The maximum Gasteiger partial charge on any atom is 0.475 e. The fraction of sp³-hybridized carbons (Fsp3) is 1.00. The molecule has 2 bridgehead atoms. The molecule has 0 amide bonds. The molecular formula is C14H24BNO2.